The average Bonchev–Trinajstić information content (AvgIpc) is 3.47. The number of fused-ring (bicyclic) bond motifs is 5. The maximum absolute atomic E-state index is 12.9. The normalized spacial score (nSPS) is 40.9. The summed E-state index contributed by atoms with van der Waals surface area (Å²) in [6.45, 7) is 25.2. The van der Waals surface area contributed by atoms with Crippen LogP contribution in [0.2, 0.25) is 0 Å². The van der Waals surface area contributed by atoms with Gasteiger partial charge in [-0.2, -0.15) is 0 Å². The molecule has 5 fully saturated rings. The van der Waals surface area contributed by atoms with Crippen molar-refractivity contribution in [2.45, 2.75) is 197 Å². The minimum atomic E-state index is -1.29. The van der Waals surface area contributed by atoms with Gasteiger partial charge in [0.15, 0.2) is 24.6 Å². The molecule has 1 saturated heterocycles. The highest BCUT2D eigenvalue weighted by Crippen LogP contribution is 2.76. The molecule has 4 saturated carbocycles. The van der Waals surface area contributed by atoms with Crippen LogP contribution < -0.4 is 0 Å². The SMILES string of the molecule is CC(=O)OC[C@H]1O[C@@H](O[C@H]2CC[C@@]3(C)C(CC[C@]4(C)[C@@H]3C[C@@H](OC(C)=O)[C@@H]3[C@@H]([C@H](C)CCCC(C)C)CC[C@@]34C)C2(C)C)[C@H](OC(C)=O)[C@@H](OC(C)=O)[C@@H]1OC(C)=O. The molecular formula is C46H74O12. The zero-order valence-corrected chi connectivity index (χ0v) is 37.7. The van der Waals surface area contributed by atoms with E-state index in [-0.39, 0.29) is 46.9 Å². The van der Waals surface area contributed by atoms with E-state index in [1.807, 2.05) is 0 Å². The highest BCUT2D eigenvalue weighted by Gasteiger charge is 2.71. The summed E-state index contributed by atoms with van der Waals surface area (Å²) in [4.78, 5) is 62.1. The van der Waals surface area contributed by atoms with Crippen molar-refractivity contribution in [3.05, 3.63) is 0 Å². The summed E-state index contributed by atoms with van der Waals surface area (Å²) < 4.78 is 42.1. The van der Waals surface area contributed by atoms with Crippen LogP contribution in [-0.4, -0.2) is 79.4 Å². The van der Waals surface area contributed by atoms with Gasteiger partial charge in [0.2, 0.25) is 0 Å². The standard InChI is InChI=1S/C46H74O12/c1-25(2)15-14-16-26(3)32-17-21-46(13)38(32)33(53-28(5)48)23-36-44(11)20-19-37(43(9,10)35(44)18-22-45(36,46)12)58-42-41(56-31(8)51)40(55-30(7)50)39(54-29(6)49)34(57-42)24-52-27(4)47/h25-26,32-42H,14-24H2,1-13H3/t26-,32-,33-,34-,35?,36-,37+,38+,39-,40+,41-,42+,44+,45-,46+/m1/s1. The van der Waals surface area contributed by atoms with Crippen LogP contribution in [0.15, 0.2) is 0 Å². The number of carbonyl (C=O) groups excluding carboxylic acids is 5. The molecule has 1 heterocycles. The lowest BCUT2D eigenvalue weighted by atomic mass is 9.35. The fourth-order valence-corrected chi connectivity index (χ4v) is 13.5. The lowest BCUT2D eigenvalue weighted by Crippen LogP contribution is -2.67. The fraction of sp³-hybridized carbons (Fsp3) is 0.891. The average molecular weight is 819 g/mol. The molecule has 12 heteroatoms. The molecular weight excluding hydrogens is 744 g/mol. The van der Waals surface area contributed by atoms with E-state index in [9.17, 15) is 24.0 Å². The predicted molar refractivity (Wildman–Crippen MR) is 215 cm³/mol. The molecule has 0 radical (unpaired) electrons. The van der Waals surface area contributed by atoms with Crippen LogP contribution in [-0.2, 0) is 57.1 Å². The van der Waals surface area contributed by atoms with Crippen LogP contribution >= 0.6 is 0 Å². The zero-order valence-electron chi connectivity index (χ0n) is 37.7. The third-order valence-corrected chi connectivity index (χ3v) is 16.1. The van der Waals surface area contributed by atoms with Crippen molar-refractivity contribution in [1.82, 2.24) is 0 Å². The molecule has 1 aliphatic heterocycles. The third-order valence-electron chi connectivity index (χ3n) is 16.1. The monoisotopic (exact) mass is 819 g/mol. The Morgan fingerprint density at radius 1 is 0.655 bits per heavy atom. The van der Waals surface area contributed by atoms with Crippen LogP contribution in [0.3, 0.4) is 0 Å². The van der Waals surface area contributed by atoms with Gasteiger partial charge >= 0.3 is 29.8 Å². The quantitative estimate of drug-likeness (QED) is 0.100. The van der Waals surface area contributed by atoms with E-state index in [0.717, 1.165) is 32.1 Å². The first kappa shape index (κ1) is 46.3. The van der Waals surface area contributed by atoms with Gasteiger partial charge in [-0.15, -0.1) is 0 Å². The van der Waals surface area contributed by atoms with Crippen molar-refractivity contribution in [3.8, 4) is 0 Å². The van der Waals surface area contributed by atoms with E-state index in [4.69, 9.17) is 33.2 Å². The second-order valence-electron chi connectivity index (χ2n) is 20.5. The van der Waals surface area contributed by atoms with Crippen molar-refractivity contribution in [2.75, 3.05) is 6.61 Å². The number of hydrogen-bond acceptors (Lipinski definition) is 12. The zero-order chi connectivity index (χ0) is 43.1. The molecule has 330 valence electrons. The highest BCUT2D eigenvalue weighted by atomic mass is 16.7. The molecule has 0 aromatic carbocycles. The smallest absolute Gasteiger partial charge is 0.303 e. The summed E-state index contributed by atoms with van der Waals surface area (Å²) in [5, 5.41) is 0. The fourth-order valence-electron chi connectivity index (χ4n) is 13.5. The van der Waals surface area contributed by atoms with Gasteiger partial charge in [0.05, 0.1) is 6.10 Å². The molecule has 5 rings (SSSR count). The molecule has 0 aromatic heterocycles. The summed E-state index contributed by atoms with van der Waals surface area (Å²) in [5.41, 5.74) is -0.418. The van der Waals surface area contributed by atoms with Crippen molar-refractivity contribution in [2.24, 2.45) is 57.2 Å². The highest BCUT2D eigenvalue weighted by molar-refractivity contribution is 5.69. The maximum Gasteiger partial charge on any atom is 0.303 e. The first-order valence-electron chi connectivity index (χ1n) is 22.1. The van der Waals surface area contributed by atoms with E-state index in [0.29, 0.717) is 36.0 Å². The molecule has 15 atom stereocenters. The summed E-state index contributed by atoms with van der Waals surface area (Å²) >= 11 is 0. The van der Waals surface area contributed by atoms with Gasteiger partial charge in [-0.05, 0) is 96.2 Å². The molecule has 4 aliphatic carbocycles. The van der Waals surface area contributed by atoms with E-state index >= 15 is 0 Å². The second-order valence-corrected chi connectivity index (χ2v) is 20.5. The maximum atomic E-state index is 12.9. The summed E-state index contributed by atoms with van der Waals surface area (Å²) in [6, 6.07) is 0. The number of hydrogen-bond donors (Lipinski definition) is 0. The summed E-state index contributed by atoms with van der Waals surface area (Å²) in [6.07, 6.45) is 3.79. The first-order valence-corrected chi connectivity index (χ1v) is 22.1. The molecule has 5 aliphatic rings. The van der Waals surface area contributed by atoms with Gasteiger partial charge in [-0.3, -0.25) is 24.0 Å². The molecule has 0 spiro atoms. The number of carbonyl (C=O) groups is 5. The minimum absolute atomic E-state index is 0.0207. The Balaban J connectivity index is 1.45. The Labute approximate surface area is 347 Å². The molecule has 0 aromatic rings. The Hall–Kier alpha value is -2.73. The van der Waals surface area contributed by atoms with Crippen molar-refractivity contribution < 1.29 is 57.1 Å². The summed E-state index contributed by atoms with van der Waals surface area (Å²) in [5.74, 6) is -0.161. The van der Waals surface area contributed by atoms with Gasteiger partial charge in [0, 0.05) is 40.5 Å². The van der Waals surface area contributed by atoms with Gasteiger partial charge in [-0.25, -0.2) is 0 Å². The third kappa shape index (κ3) is 8.99. The molecule has 58 heavy (non-hydrogen) atoms. The van der Waals surface area contributed by atoms with Crippen LogP contribution in [0.4, 0.5) is 0 Å². The number of esters is 5. The molecule has 0 N–H and O–H groups in total. The van der Waals surface area contributed by atoms with Crippen LogP contribution in [0, 0.1) is 57.2 Å². The van der Waals surface area contributed by atoms with Crippen LogP contribution in [0.25, 0.3) is 0 Å². The van der Waals surface area contributed by atoms with E-state index in [1.165, 1.54) is 53.4 Å². The van der Waals surface area contributed by atoms with Crippen LogP contribution in [0.5, 0.6) is 0 Å². The Morgan fingerprint density at radius 3 is 1.83 bits per heavy atom. The predicted octanol–water partition coefficient (Wildman–Crippen LogP) is 8.14. The molecule has 0 amide bonds. The van der Waals surface area contributed by atoms with E-state index in [2.05, 4.69) is 55.4 Å². The number of rotatable bonds is 13. The van der Waals surface area contributed by atoms with Crippen molar-refractivity contribution in [3.63, 3.8) is 0 Å². The van der Waals surface area contributed by atoms with Crippen LogP contribution in [0.1, 0.15) is 154 Å². The van der Waals surface area contributed by atoms with E-state index in [1.54, 1.807) is 6.92 Å². The first-order chi connectivity index (χ1) is 27.0. The van der Waals surface area contributed by atoms with E-state index < -0.39 is 60.0 Å². The van der Waals surface area contributed by atoms with Crippen molar-refractivity contribution >= 4 is 29.8 Å². The largest absolute Gasteiger partial charge is 0.463 e. The minimum Gasteiger partial charge on any atom is -0.463 e. The lowest BCUT2D eigenvalue weighted by Gasteiger charge is -2.70. The molecule has 1 unspecified atom stereocenters. The van der Waals surface area contributed by atoms with Gasteiger partial charge in [-0.1, -0.05) is 74.7 Å². The summed E-state index contributed by atoms with van der Waals surface area (Å²) in [7, 11) is 0. The molecule has 12 nitrogen and oxygen atoms in total. The lowest BCUT2D eigenvalue weighted by molar-refractivity contribution is -0.335. The van der Waals surface area contributed by atoms with Gasteiger partial charge in [0.25, 0.3) is 0 Å². The van der Waals surface area contributed by atoms with Gasteiger partial charge < -0.3 is 33.2 Å². The van der Waals surface area contributed by atoms with Gasteiger partial charge in [0.1, 0.15) is 18.8 Å². The Bertz CT molecular complexity index is 1530. The molecule has 0 bridgehead atoms. The Morgan fingerprint density at radius 2 is 1.24 bits per heavy atom. The van der Waals surface area contributed by atoms with Crippen molar-refractivity contribution in [1.29, 1.82) is 0 Å². The second kappa shape index (κ2) is 17.7. The Kier molecular flexibility index (Phi) is 14.1. The number of ether oxygens (including phenoxy) is 7. The topological polar surface area (TPSA) is 150 Å².